The van der Waals surface area contributed by atoms with Crippen molar-refractivity contribution >= 4 is 15.8 Å². The molecule has 1 atom stereocenters. The molecule has 0 spiro atoms. The Morgan fingerprint density at radius 3 is 2.65 bits per heavy atom. The molecule has 0 bridgehead atoms. The predicted molar refractivity (Wildman–Crippen MR) is 139 cm³/mol. The van der Waals surface area contributed by atoms with E-state index in [0.29, 0.717) is 25.3 Å². The highest BCUT2D eigenvalue weighted by atomic mass is 32.2. The van der Waals surface area contributed by atoms with Crippen LogP contribution in [0.1, 0.15) is 47.2 Å². The fourth-order valence-electron chi connectivity index (χ4n) is 4.31. The molecule has 37 heavy (non-hydrogen) atoms. The lowest BCUT2D eigenvalue weighted by atomic mass is 9.96. The van der Waals surface area contributed by atoms with Crippen molar-refractivity contribution in [1.29, 1.82) is 0 Å². The first-order chi connectivity index (χ1) is 17.7. The van der Waals surface area contributed by atoms with Crippen molar-refractivity contribution < 1.29 is 23.1 Å². The van der Waals surface area contributed by atoms with Crippen LogP contribution in [0, 0.1) is 11.8 Å². The molecule has 3 aromatic rings. The molecule has 2 aromatic carbocycles. The molecule has 4 rings (SSSR count). The molecule has 1 aromatic heterocycles. The van der Waals surface area contributed by atoms with Crippen molar-refractivity contribution in [3.05, 3.63) is 82.7 Å². The van der Waals surface area contributed by atoms with Gasteiger partial charge in [-0.2, -0.15) is 0 Å². The number of fused-ring (bicyclic) bond motifs is 1. The molecule has 0 saturated heterocycles. The van der Waals surface area contributed by atoms with Crippen LogP contribution in [0.3, 0.4) is 0 Å². The van der Waals surface area contributed by atoms with Crippen molar-refractivity contribution in [3.8, 4) is 17.6 Å². The van der Waals surface area contributed by atoms with Gasteiger partial charge in [0.2, 0.25) is 15.0 Å². The number of carbonyl (C=O) groups is 1. The van der Waals surface area contributed by atoms with E-state index < -0.39 is 15.8 Å². The highest BCUT2D eigenvalue weighted by Crippen LogP contribution is 2.24. The van der Waals surface area contributed by atoms with Gasteiger partial charge in [0.15, 0.2) is 0 Å². The average molecular weight is 520 g/mol. The zero-order valence-electron chi connectivity index (χ0n) is 20.8. The molecule has 1 N–H and O–H groups in total. The van der Waals surface area contributed by atoms with Gasteiger partial charge in [-0.25, -0.2) is 18.4 Å². The number of carboxylic acid groups (broad SMARTS) is 1. The van der Waals surface area contributed by atoms with Crippen LogP contribution in [0.25, 0.3) is 0 Å². The normalized spacial score (nSPS) is 14.2. The van der Waals surface area contributed by atoms with E-state index in [2.05, 4.69) is 38.8 Å². The first-order valence-electron chi connectivity index (χ1n) is 11.9. The summed E-state index contributed by atoms with van der Waals surface area (Å²) in [5.74, 6) is 5.24. The molecule has 0 amide bonds. The summed E-state index contributed by atoms with van der Waals surface area (Å²) >= 11 is 0. The monoisotopic (exact) mass is 519 g/mol. The first-order valence-corrected chi connectivity index (χ1v) is 13.8. The van der Waals surface area contributed by atoms with Gasteiger partial charge in [0.1, 0.15) is 12.4 Å². The van der Waals surface area contributed by atoms with Gasteiger partial charge in [0, 0.05) is 44.1 Å². The van der Waals surface area contributed by atoms with Crippen molar-refractivity contribution in [2.45, 2.75) is 50.5 Å². The quantitative estimate of drug-likeness (QED) is 0.337. The number of carboxylic acids is 1. The Hall–Kier alpha value is -3.74. The van der Waals surface area contributed by atoms with Crippen LogP contribution in [0.5, 0.6) is 5.75 Å². The molecule has 0 aliphatic carbocycles. The molecule has 1 aliphatic heterocycles. The van der Waals surface area contributed by atoms with Gasteiger partial charge in [0.25, 0.3) is 0 Å². The fourth-order valence-corrected chi connectivity index (χ4v) is 4.83. The van der Waals surface area contributed by atoms with Crippen molar-refractivity contribution in [1.82, 2.24) is 14.9 Å². The van der Waals surface area contributed by atoms with E-state index in [1.165, 1.54) is 0 Å². The number of aliphatic carboxylic acids is 1. The third kappa shape index (κ3) is 7.15. The average Bonchev–Trinajstić information content (AvgIpc) is 2.87. The number of sulfone groups is 1. The smallest absolute Gasteiger partial charge is 0.304 e. The van der Waals surface area contributed by atoms with E-state index in [4.69, 9.17) is 9.84 Å². The summed E-state index contributed by atoms with van der Waals surface area (Å²) in [7, 11) is -3.42. The molecule has 192 valence electrons. The minimum atomic E-state index is -3.42. The summed E-state index contributed by atoms with van der Waals surface area (Å²) in [5, 5.41) is 9.01. The summed E-state index contributed by atoms with van der Waals surface area (Å²) in [6.07, 6.45) is 3.39. The first kappa shape index (κ1) is 26.3. The lowest BCUT2D eigenvalue weighted by molar-refractivity contribution is -0.137. The third-order valence-electron chi connectivity index (χ3n) is 6.11. The van der Waals surface area contributed by atoms with Gasteiger partial charge in [-0.05, 0) is 35.7 Å². The van der Waals surface area contributed by atoms with Crippen LogP contribution in [0.2, 0.25) is 0 Å². The van der Waals surface area contributed by atoms with E-state index in [1.54, 1.807) is 13.1 Å². The maximum absolute atomic E-state index is 11.7. The standard InChI is InChI=1S/C28H29N3O5S/c1-3-5-23(15-27(32)33)22-8-10-25(11-9-22)36-19-21-7-4-6-20(14-21)17-31-13-12-26-24(18-31)16-29-28(30-26)37(2,34)35/h4,6-11,14,16,23H,12-13,15,17-19H2,1-2H3,(H,32,33). The van der Waals surface area contributed by atoms with Gasteiger partial charge in [-0.1, -0.05) is 42.3 Å². The maximum Gasteiger partial charge on any atom is 0.304 e. The number of hydrogen-bond acceptors (Lipinski definition) is 7. The van der Waals surface area contributed by atoms with Gasteiger partial charge in [0.05, 0.1) is 18.0 Å². The number of aromatic nitrogens is 2. The van der Waals surface area contributed by atoms with Crippen LogP contribution in [-0.2, 0) is 40.7 Å². The Morgan fingerprint density at radius 2 is 1.95 bits per heavy atom. The van der Waals surface area contributed by atoms with Gasteiger partial charge in [-0.15, -0.1) is 5.92 Å². The molecule has 1 unspecified atom stereocenters. The second-order valence-corrected chi connectivity index (χ2v) is 11.0. The molecule has 2 heterocycles. The summed E-state index contributed by atoms with van der Waals surface area (Å²) in [5.41, 5.74) is 4.81. The van der Waals surface area contributed by atoms with Crippen molar-refractivity contribution in [2.24, 2.45) is 0 Å². The predicted octanol–water partition coefficient (Wildman–Crippen LogP) is 3.60. The Balaban J connectivity index is 1.35. The van der Waals surface area contributed by atoms with Gasteiger partial charge >= 0.3 is 5.97 Å². The summed E-state index contributed by atoms with van der Waals surface area (Å²) < 4.78 is 29.4. The van der Waals surface area contributed by atoms with E-state index in [9.17, 15) is 13.2 Å². The molecular formula is C28H29N3O5S. The molecule has 0 radical (unpaired) electrons. The van der Waals surface area contributed by atoms with Gasteiger partial charge < -0.3 is 9.84 Å². The molecule has 9 heteroatoms. The Morgan fingerprint density at radius 1 is 1.19 bits per heavy atom. The summed E-state index contributed by atoms with van der Waals surface area (Å²) in [6, 6.07) is 15.6. The largest absolute Gasteiger partial charge is 0.489 e. The van der Waals surface area contributed by atoms with E-state index in [0.717, 1.165) is 47.3 Å². The Labute approximate surface area is 217 Å². The third-order valence-corrected chi connectivity index (χ3v) is 6.97. The minimum absolute atomic E-state index is 0.0366. The highest BCUT2D eigenvalue weighted by molar-refractivity contribution is 7.90. The van der Waals surface area contributed by atoms with Crippen molar-refractivity contribution in [2.75, 3.05) is 12.8 Å². The van der Waals surface area contributed by atoms with Crippen LogP contribution in [0.4, 0.5) is 0 Å². The summed E-state index contributed by atoms with van der Waals surface area (Å²) in [6.45, 7) is 4.31. The van der Waals surface area contributed by atoms with E-state index in [1.807, 2.05) is 36.4 Å². The second-order valence-electron chi connectivity index (χ2n) is 9.08. The minimum Gasteiger partial charge on any atom is -0.489 e. The molecular weight excluding hydrogens is 490 g/mol. The SMILES string of the molecule is CC#CC(CC(=O)O)c1ccc(OCc2cccc(CN3CCc4nc(S(C)(=O)=O)ncc4C3)c2)cc1. The zero-order valence-corrected chi connectivity index (χ0v) is 21.7. The molecule has 1 aliphatic rings. The maximum atomic E-state index is 11.7. The van der Waals surface area contributed by atoms with Crippen LogP contribution >= 0.6 is 0 Å². The number of ether oxygens (including phenoxy) is 1. The lowest BCUT2D eigenvalue weighted by Gasteiger charge is -2.28. The van der Waals surface area contributed by atoms with Crippen LogP contribution < -0.4 is 4.74 Å². The highest BCUT2D eigenvalue weighted by Gasteiger charge is 2.21. The topological polar surface area (TPSA) is 110 Å². The van der Waals surface area contributed by atoms with Crippen LogP contribution in [-0.4, -0.2) is 47.2 Å². The van der Waals surface area contributed by atoms with Gasteiger partial charge in [-0.3, -0.25) is 9.69 Å². The number of rotatable bonds is 9. The fraction of sp³-hybridized carbons (Fsp3) is 0.321. The van der Waals surface area contributed by atoms with E-state index in [-0.39, 0.29) is 17.5 Å². The zero-order chi connectivity index (χ0) is 26.4. The number of benzene rings is 2. The molecule has 0 saturated carbocycles. The lowest BCUT2D eigenvalue weighted by Crippen LogP contribution is -2.31. The molecule has 8 nitrogen and oxygen atoms in total. The number of hydrogen-bond donors (Lipinski definition) is 1. The van der Waals surface area contributed by atoms with Crippen molar-refractivity contribution in [3.63, 3.8) is 0 Å². The van der Waals surface area contributed by atoms with Crippen LogP contribution in [0.15, 0.2) is 59.9 Å². The molecule has 0 fully saturated rings. The Kier molecular flexibility index (Phi) is 8.21. The second kappa shape index (κ2) is 11.5. The number of nitrogens with zero attached hydrogens (tertiary/aromatic N) is 3. The van der Waals surface area contributed by atoms with E-state index >= 15 is 0 Å². The summed E-state index contributed by atoms with van der Waals surface area (Å²) in [4.78, 5) is 21.7. The Bertz CT molecular complexity index is 1440.